The van der Waals surface area contributed by atoms with Crippen molar-refractivity contribution in [3.63, 3.8) is 0 Å². The maximum atomic E-state index is 11.8. The van der Waals surface area contributed by atoms with Crippen LogP contribution in [-0.2, 0) is 20.9 Å². The van der Waals surface area contributed by atoms with E-state index in [0.717, 1.165) is 5.56 Å². The topological polar surface area (TPSA) is 136 Å². The molecule has 0 fully saturated rings. The molecule has 8 heteroatoms. The van der Waals surface area contributed by atoms with Gasteiger partial charge in [-0.2, -0.15) is 0 Å². The molecule has 0 radical (unpaired) electrons. The number of rotatable bonds is 10. The molecule has 23 heavy (non-hydrogen) atoms. The van der Waals surface area contributed by atoms with Crippen LogP contribution in [0.25, 0.3) is 0 Å². The highest BCUT2D eigenvalue weighted by atomic mass is 16.5. The van der Waals surface area contributed by atoms with E-state index in [0.29, 0.717) is 0 Å². The molecule has 0 saturated carbocycles. The fourth-order valence-electron chi connectivity index (χ4n) is 1.75. The predicted octanol–water partition coefficient (Wildman–Crippen LogP) is -2.04. The Balaban J connectivity index is 2.41. The lowest BCUT2D eigenvalue weighted by atomic mass is 10.0. The van der Waals surface area contributed by atoms with Crippen molar-refractivity contribution in [1.29, 1.82) is 0 Å². The molecule has 0 heterocycles. The van der Waals surface area contributed by atoms with Crippen LogP contribution in [0.15, 0.2) is 30.3 Å². The van der Waals surface area contributed by atoms with Gasteiger partial charge in [0, 0.05) is 0 Å². The Morgan fingerprint density at radius 1 is 1.09 bits per heavy atom. The van der Waals surface area contributed by atoms with Crippen molar-refractivity contribution < 1.29 is 34.8 Å². The number of aliphatic hydroxyl groups is 4. The van der Waals surface area contributed by atoms with Gasteiger partial charge in [0.05, 0.1) is 25.8 Å². The first-order valence-electron chi connectivity index (χ1n) is 7.04. The monoisotopic (exact) mass is 327 g/mol. The van der Waals surface area contributed by atoms with Gasteiger partial charge < -0.3 is 25.2 Å². The van der Waals surface area contributed by atoms with Crippen molar-refractivity contribution in [1.82, 2.24) is 5.32 Å². The molecule has 0 bridgehead atoms. The molecule has 0 saturated heterocycles. The van der Waals surface area contributed by atoms with E-state index < -0.39 is 43.2 Å². The van der Waals surface area contributed by atoms with Crippen LogP contribution in [0.1, 0.15) is 5.56 Å². The second-order valence-corrected chi connectivity index (χ2v) is 4.86. The lowest BCUT2D eigenvalue weighted by Gasteiger charge is -2.20. The number of esters is 1. The molecule has 0 aliphatic heterocycles. The van der Waals surface area contributed by atoms with E-state index in [2.05, 4.69) is 5.32 Å². The second kappa shape index (κ2) is 10.0. The summed E-state index contributed by atoms with van der Waals surface area (Å²) in [6, 6.07) is 7.75. The van der Waals surface area contributed by atoms with E-state index in [1.165, 1.54) is 0 Å². The minimum absolute atomic E-state index is 0.0743. The van der Waals surface area contributed by atoms with Crippen molar-refractivity contribution in [2.45, 2.75) is 24.9 Å². The van der Waals surface area contributed by atoms with Crippen LogP contribution < -0.4 is 5.32 Å². The van der Waals surface area contributed by atoms with Gasteiger partial charge in [-0.25, -0.2) is 0 Å². The summed E-state index contributed by atoms with van der Waals surface area (Å²) >= 11 is 0. The summed E-state index contributed by atoms with van der Waals surface area (Å²) in [6.45, 7) is -1.76. The van der Waals surface area contributed by atoms with Crippen LogP contribution in [0.4, 0.5) is 0 Å². The van der Waals surface area contributed by atoms with Gasteiger partial charge in [0.2, 0.25) is 0 Å². The van der Waals surface area contributed by atoms with Crippen LogP contribution in [0, 0.1) is 0 Å². The average molecular weight is 327 g/mol. The molecule has 0 spiro atoms. The van der Waals surface area contributed by atoms with Crippen LogP contribution in [0.2, 0.25) is 0 Å². The summed E-state index contributed by atoms with van der Waals surface area (Å²) in [5, 5.41) is 38.9. The van der Waals surface area contributed by atoms with E-state index in [1.54, 1.807) is 24.3 Å². The number of benzene rings is 1. The van der Waals surface area contributed by atoms with E-state index in [9.17, 15) is 19.8 Å². The van der Waals surface area contributed by atoms with Gasteiger partial charge in [-0.3, -0.25) is 14.9 Å². The fraction of sp³-hybridized carbons (Fsp3) is 0.467. The molecule has 0 aliphatic carbocycles. The SMILES string of the molecule is O=C(CN[C@@H](CO)C(=O)[C@@H](O)[C@H](O)CO)OCc1ccccc1. The van der Waals surface area contributed by atoms with Crippen molar-refractivity contribution in [3.8, 4) is 0 Å². The van der Waals surface area contributed by atoms with Crippen LogP contribution >= 0.6 is 0 Å². The first-order chi connectivity index (χ1) is 11.0. The highest BCUT2D eigenvalue weighted by Gasteiger charge is 2.30. The highest BCUT2D eigenvalue weighted by Crippen LogP contribution is 2.01. The Kier molecular flexibility index (Phi) is 8.38. The highest BCUT2D eigenvalue weighted by molar-refractivity contribution is 5.89. The number of nitrogens with one attached hydrogen (secondary N) is 1. The molecule has 0 aliphatic rings. The molecule has 3 atom stereocenters. The molecule has 128 valence electrons. The first-order valence-corrected chi connectivity index (χ1v) is 7.04. The van der Waals surface area contributed by atoms with Gasteiger partial charge in [-0.05, 0) is 5.56 Å². The lowest BCUT2D eigenvalue weighted by Crippen LogP contribution is -2.50. The normalized spacial score (nSPS) is 14.8. The molecule has 1 aromatic carbocycles. The minimum Gasteiger partial charge on any atom is -0.460 e. The molecule has 0 amide bonds. The van der Waals surface area contributed by atoms with E-state index in [-0.39, 0.29) is 13.2 Å². The number of carbonyl (C=O) groups is 2. The summed E-state index contributed by atoms with van der Waals surface area (Å²) < 4.78 is 4.99. The average Bonchev–Trinajstić information content (AvgIpc) is 2.59. The fourth-order valence-corrected chi connectivity index (χ4v) is 1.75. The smallest absolute Gasteiger partial charge is 0.320 e. The summed E-state index contributed by atoms with van der Waals surface area (Å²) in [5.74, 6) is -1.57. The van der Waals surface area contributed by atoms with E-state index in [1.807, 2.05) is 6.07 Å². The van der Waals surface area contributed by atoms with Gasteiger partial charge in [-0.15, -0.1) is 0 Å². The van der Waals surface area contributed by atoms with Gasteiger partial charge in [0.25, 0.3) is 0 Å². The standard InChI is InChI=1S/C15H21NO7/c17-7-11(14(21)15(22)12(19)8-18)16-6-13(20)23-9-10-4-2-1-3-5-10/h1-5,11-12,15-19,22H,6-9H2/t11-,12+,15-/m0/s1. The third-order valence-electron chi connectivity index (χ3n) is 3.10. The van der Waals surface area contributed by atoms with Crippen LogP contribution in [0.5, 0.6) is 0 Å². The number of Topliss-reactive ketones (excluding diaryl/α,β-unsaturated/α-hetero) is 1. The van der Waals surface area contributed by atoms with Gasteiger partial charge in [-0.1, -0.05) is 30.3 Å². The number of ketones is 1. The zero-order valence-electron chi connectivity index (χ0n) is 12.5. The summed E-state index contributed by atoms with van der Waals surface area (Å²) in [4.78, 5) is 23.4. The molecule has 0 aromatic heterocycles. The summed E-state index contributed by atoms with van der Waals surface area (Å²) in [7, 11) is 0. The molecule has 8 nitrogen and oxygen atoms in total. The minimum atomic E-state index is -1.86. The third-order valence-corrected chi connectivity index (χ3v) is 3.10. The Morgan fingerprint density at radius 2 is 1.74 bits per heavy atom. The van der Waals surface area contributed by atoms with Gasteiger partial charge in [0.15, 0.2) is 5.78 Å². The maximum absolute atomic E-state index is 11.8. The first kappa shape index (κ1) is 19.2. The lowest BCUT2D eigenvalue weighted by molar-refractivity contribution is -0.144. The zero-order valence-corrected chi connectivity index (χ0v) is 12.5. The van der Waals surface area contributed by atoms with Crippen molar-refractivity contribution in [2.75, 3.05) is 19.8 Å². The maximum Gasteiger partial charge on any atom is 0.320 e. The summed E-state index contributed by atoms with van der Waals surface area (Å²) in [6.07, 6.45) is -3.51. The molecular weight excluding hydrogens is 306 g/mol. The zero-order chi connectivity index (χ0) is 17.2. The molecule has 1 rings (SSSR count). The van der Waals surface area contributed by atoms with Crippen molar-refractivity contribution in [3.05, 3.63) is 35.9 Å². The van der Waals surface area contributed by atoms with E-state index >= 15 is 0 Å². The van der Waals surface area contributed by atoms with E-state index in [4.69, 9.17) is 14.9 Å². The molecule has 1 aromatic rings. The van der Waals surface area contributed by atoms with Crippen molar-refractivity contribution >= 4 is 11.8 Å². The van der Waals surface area contributed by atoms with Gasteiger partial charge >= 0.3 is 5.97 Å². The second-order valence-electron chi connectivity index (χ2n) is 4.86. The number of hydrogen-bond donors (Lipinski definition) is 5. The summed E-state index contributed by atoms with van der Waals surface area (Å²) in [5.41, 5.74) is 0.803. The quantitative estimate of drug-likeness (QED) is 0.310. The number of ether oxygens (including phenoxy) is 1. The Hall–Kier alpha value is -1.84. The predicted molar refractivity (Wildman–Crippen MR) is 79.2 cm³/mol. The Bertz CT molecular complexity index is 494. The number of carbonyl (C=O) groups excluding carboxylic acids is 2. The molecule has 5 N–H and O–H groups in total. The molecule has 0 unspecified atom stereocenters. The number of aliphatic hydroxyl groups excluding tert-OH is 4. The van der Waals surface area contributed by atoms with Crippen LogP contribution in [-0.4, -0.2) is 70.2 Å². The third kappa shape index (κ3) is 6.43. The Labute approximate surface area is 133 Å². The Morgan fingerprint density at radius 3 is 2.30 bits per heavy atom. The molecular formula is C15H21NO7. The van der Waals surface area contributed by atoms with Gasteiger partial charge in [0.1, 0.15) is 18.8 Å². The van der Waals surface area contributed by atoms with Crippen LogP contribution in [0.3, 0.4) is 0 Å². The van der Waals surface area contributed by atoms with Crippen molar-refractivity contribution in [2.24, 2.45) is 0 Å². The number of hydrogen-bond acceptors (Lipinski definition) is 8. The largest absolute Gasteiger partial charge is 0.460 e.